The van der Waals surface area contributed by atoms with Crippen LogP contribution in [0.15, 0.2) is 42.5 Å². The van der Waals surface area contributed by atoms with E-state index in [2.05, 4.69) is 11.1 Å². The number of nitrogen functional groups attached to an aromatic ring is 1. The lowest BCUT2D eigenvalue weighted by Gasteiger charge is -2.17. The average Bonchev–Trinajstić information content (AvgIpc) is 2.57. The molecule has 3 aromatic rings. The molecule has 0 fully saturated rings. The van der Waals surface area contributed by atoms with Crippen LogP contribution >= 0.6 is 23.2 Å². The standard InChI is InChI=1S/C20H15Cl2N3/c1-11-5-3-4-6-14(11)18-12(2)19(25-20(24)16(18)10-23)15-8-7-13(21)9-17(15)22/h3-9H,1-2H3,(H2,24,25). The Morgan fingerprint density at radius 2 is 1.76 bits per heavy atom. The quantitative estimate of drug-likeness (QED) is 0.622. The third-order valence-corrected chi connectivity index (χ3v) is 4.73. The van der Waals surface area contributed by atoms with Crippen molar-refractivity contribution in [3.05, 3.63) is 69.2 Å². The highest BCUT2D eigenvalue weighted by atomic mass is 35.5. The van der Waals surface area contributed by atoms with E-state index in [9.17, 15) is 5.26 Å². The van der Waals surface area contributed by atoms with Gasteiger partial charge in [-0.1, -0.05) is 47.5 Å². The topological polar surface area (TPSA) is 62.7 Å². The highest BCUT2D eigenvalue weighted by Gasteiger charge is 2.20. The molecule has 0 aliphatic carbocycles. The molecule has 0 bridgehead atoms. The van der Waals surface area contributed by atoms with Gasteiger partial charge in [-0.3, -0.25) is 0 Å². The zero-order valence-corrected chi connectivity index (χ0v) is 15.3. The van der Waals surface area contributed by atoms with Crippen molar-refractivity contribution in [2.24, 2.45) is 0 Å². The molecule has 2 N–H and O–H groups in total. The van der Waals surface area contributed by atoms with Crippen molar-refractivity contribution in [2.45, 2.75) is 13.8 Å². The molecule has 0 saturated carbocycles. The van der Waals surface area contributed by atoms with Gasteiger partial charge in [-0.15, -0.1) is 0 Å². The van der Waals surface area contributed by atoms with Gasteiger partial charge in [0.25, 0.3) is 0 Å². The highest BCUT2D eigenvalue weighted by Crippen LogP contribution is 2.39. The molecular weight excluding hydrogens is 353 g/mol. The van der Waals surface area contributed by atoms with Gasteiger partial charge in [0.2, 0.25) is 0 Å². The smallest absolute Gasteiger partial charge is 0.142 e. The number of benzene rings is 2. The number of nitriles is 1. The van der Waals surface area contributed by atoms with Crippen LogP contribution in [0.2, 0.25) is 10.0 Å². The van der Waals surface area contributed by atoms with Crippen LogP contribution in [0.25, 0.3) is 22.4 Å². The summed E-state index contributed by atoms with van der Waals surface area (Å²) in [5.41, 5.74) is 11.5. The van der Waals surface area contributed by atoms with Crippen LogP contribution in [-0.2, 0) is 0 Å². The number of anilines is 1. The first-order valence-electron chi connectivity index (χ1n) is 7.65. The molecule has 124 valence electrons. The van der Waals surface area contributed by atoms with Crippen molar-refractivity contribution in [1.29, 1.82) is 5.26 Å². The SMILES string of the molecule is Cc1ccccc1-c1c(C)c(-c2ccc(Cl)cc2Cl)nc(N)c1C#N. The Labute approximate surface area is 156 Å². The van der Waals surface area contributed by atoms with Crippen LogP contribution in [0.3, 0.4) is 0 Å². The molecular formula is C20H15Cl2N3. The van der Waals surface area contributed by atoms with Crippen LogP contribution < -0.4 is 5.73 Å². The Hall–Kier alpha value is -2.54. The van der Waals surface area contributed by atoms with E-state index in [-0.39, 0.29) is 5.82 Å². The van der Waals surface area contributed by atoms with Crippen LogP contribution in [0.5, 0.6) is 0 Å². The monoisotopic (exact) mass is 367 g/mol. The number of halogens is 2. The van der Waals surface area contributed by atoms with Crippen LogP contribution in [0.1, 0.15) is 16.7 Å². The summed E-state index contributed by atoms with van der Waals surface area (Å²) in [4.78, 5) is 4.45. The van der Waals surface area contributed by atoms with Crippen molar-refractivity contribution < 1.29 is 0 Å². The van der Waals surface area contributed by atoms with Gasteiger partial charge in [0.15, 0.2) is 0 Å². The normalized spacial score (nSPS) is 10.5. The predicted molar refractivity (Wildman–Crippen MR) is 104 cm³/mol. The van der Waals surface area contributed by atoms with E-state index in [1.165, 1.54) is 0 Å². The number of rotatable bonds is 2. The van der Waals surface area contributed by atoms with E-state index in [0.29, 0.717) is 21.3 Å². The average molecular weight is 368 g/mol. The second-order valence-electron chi connectivity index (χ2n) is 5.77. The van der Waals surface area contributed by atoms with E-state index >= 15 is 0 Å². The van der Waals surface area contributed by atoms with Gasteiger partial charge < -0.3 is 5.73 Å². The Balaban J connectivity index is 2.38. The summed E-state index contributed by atoms with van der Waals surface area (Å²) < 4.78 is 0. The number of hydrogen-bond acceptors (Lipinski definition) is 3. The molecule has 1 aromatic heterocycles. The van der Waals surface area contributed by atoms with Gasteiger partial charge in [0.05, 0.1) is 10.7 Å². The Morgan fingerprint density at radius 1 is 1.04 bits per heavy atom. The largest absolute Gasteiger partial charge is 0.383 e. The molecule has 0 aliphatic rings. The minimum Gasteiger partial charge on any atom is -0.383 e. The zero-order valence-electron chi connectivity index (χ0n) is 13.8. The van der Waals surface area contributed by atoms with Gasteiger partial charge in [0.1, 0.15) is 17.5 Å². The second kappa shape index (κ2) is 6.76. The Bertz CT molecular complexity index is 1020. The number of hydrogen-bond donors (Lipinski definition) is 1. The molecule has 1 heterocycles. The first-order valence-corrected chi connectivity index (χ1v) is 8.41. The van der Waals surface area contributed by atoms with Crippen molar-refractivity contribution in [3.63, 3.8) is 0 Å². The molecule has 0 atom stereocenters. The van der Waals surface area contributed by atoms with Crippen molar-refractivity contribution in [2.75, 3.05) is 5.73 Å². The molecule has 5 heteroatoms. The molecule has 0 saturated heterocycles. The zero-order chi connectivity index (χ0) is 18.1. The van der Waals surface area contributed by atoms with Gasteiger partial charge in [0, 0.05) is 16.1 Å². The fourth-order valence-corrected chi connectivity index (χ4v) is 3.44. The lowest BCUT2D eigenvalue weighted by Crippen LogP contribution is -2.04. The molecule has 25 heavy (non-hydrogen) atoms. The van der Waals surface area contributed by atoms with Crippen molar-refractivity contribution >= 4 is 29.0 Å². The van der Waals surface area contributed by atoms with Gasteiger partial charge in [-0.25, -0.2) is 4.98 Å². The number of aromatic nitrogens is 1. The molecule has 3 rings (SSSR count). The number of pyridine rings is 1. The van der Waals surface area contributed by atoms with E-state index in [1.807, 2.05) is 44.2 Å². The number of nitrogens with zero attached hydrogens (tertiary/aromatic N) is 2. The molecule has 0 aliphatic heterocycles. The minimum atomic E-state index is 0.187. The van der Waals surface area contributed by atoms with E-state index < -0.39 is 0 Å². The van der Waals surface area contributed by atoms with Gasteiger partial charge >= 0.3 is 0 Å². The predicted octanol–water partition coefficient (Wildman–Crippen LogP) is 5.79. The summed E-state index contributed by atoms with van der Waals surface area (Å²) in [6.07, 6.45) is 0. The van der Waals surface area contributed by atoms with Crippen LogP contribution in [0.4, 0.5) is 5.82 Å². The molecule has 3 nitrogen and oxygen atoms in total. The lowest BCUT2D eigenvalue weighted by molar-refractivity contribution is 1.25. The molecule has 0 radical (unpaired) electrons. The lowest BCUT2D eigenvalue weighted by atomic mass is 9.90. The number of nitrogens with two attached hydrogens (primary N) is 1. The Morgan fingerprint density at radius 3 is 2.40 bits per heavy atom. The summed E-state index contributed by atoms with van der Waals surface area (Å²) >= 11 is 12.4. The maximum atomic E-state index is 9.61. The maximum absolute atomic E-state index is 9.61. The van der Waals surface area contributed by atoms with E-state index in [0.717, 1.165) is 27.8 Å². The van der Waals surface area contributed by atoms with E-state index in [1.54, 1.807) is 12.1 Å². The van der Waals surface area contributed by atoms with Crippen molar-refractivity contribution in [1.82, 2.24) is 4.98 Å². The first kappa shape index (κ1) is 17.3. The molecule has 0 spiro atoms. The van der Waals surface area contributed by atoms with Gasteiger partial charge in [-0.2, -0.15) is 5.26 Å². The summed E-state index contributed by atoms with van der Waals surface area (Å²) in [5.74, 6) is 0.187. The highest BCUT2D eigenvalue weighted by molar-refractivity contribution is 6.36. The molecule has 2 aromatic carbocycles. The summed E-state index contributed by atoms with van der Waals surface area (Å²) in [5, 5.41) is 10.7. The third kappa shape index (κ3) is 3.07. The van der Waals surface area contributed by atoms with Crippen LogP contribution in [-0.4, -0.2) is 4.98 Å². The van der Waals surface area contributed by atoms with E-state index in [4.69, 9.17) is 28.9 Å². The maximum Gasteiger partial charge on any atom is 0.142 e. The third-order valence-electron chi connectivity index (χ3n) is 4.18. The summed E-state index contributed by atoms with van der Waals surface area (Å²) in [7, 11) is 0. The molecule has 0 unspecified atom stereocenters. The van der Waals surface area contributed by atoms with Crippen molar-refractivity contribution in [3.8, 4) is 28.5 Å². The molecule has 0 amide bonds. The number of aryl methyl sites for hydroxylation is 1. The summed E-state index contributed by atoms with van der Waals surface area (Å²) in [6.45, 7) is 3.93. The first-order chi connectivity index (χ1) is 11.9. The Kier molecular flexibility index (Phi) is 4.67. The fraction of sp³-hybridized carbons (Fsp3) is 0.100. The van der Waals surface area contributed by atoms with Gasteiger partial charge in [-0.05, 0) is 48.7 Å². The minimum absolute atomic E-state index is 0.187. The summed E-state index contributed by atoms with van der Waals surface area (Å²) in [6, 6.07) is 15.3. The fourth-order valence-electron chi connectivity index (χ4n) is 2.94. The van der Waals surface area contributed by atoms with Crippen LogP contribution in [0, 0.1) is 25.2 Å². The second-order valence-corrected chi connectivity index (χ2v) is 6.62.